The molecule has 1 heterocycles. The van der Waals surface area contributed by atoms with E-state index in [9.17, 15) is 13.6 Å². The molecule has 0 saturated heterocycles. The Morgan fingerprint density at radius 3 is 2.64 bits per heavy atom. The number of nitrogens with zero attached hydrogens (tertiary/aromatic N) is 1. The van der Waals surface area contributed by atoms with Gasteiger partial charge in [0.15, 0.2) is 0 Å². The SMILES string of the molecule is CC(C)=C(F)CC(CC(C)C)C(=O)Nc1cnc2c(F)cccc2c1. The number of carbonyl (C=O) groups excluding carboxylic acids is 1. The van der Waals surface area contributed by atoms with Crippen molar-refractivity contribution < 1.29 is 13.6 Å². The van der Waals surface area contributed by atoms with E-state index < -0.39 is 11.7 Å². The van der Waals surface area contributed by atoms with Crippen molar-refractivity contribution in [2.24, 2.45) is 11.8 Å². The lowest BCUT2D eigenvalue weighted by molar-refractivity contribution is -0.120. The van der Waals surface area contributed by atoms with Crippen molar-refractivity contribution in [1.82, 2.24) is 4.98 Å². The number of nitrogens with one attached hydrogen (secondary N) is 1. The molecule has 1 aromatic heterocycles. The van der Waals surface area contributed by atoms with E-state index in [0.29, 0.717) is 23.1 Å². The average Bonchev–Trinajstić information content (AvgIpc) is 2.53. The fourth-order valence-electron chi connectivity index (χ4n) is 2.71. The van der Waals surface area contributed by atoms with Crippen LogP contribution in [0.25, 0.3) is 10.9 Å². The van der Waals surface area contributed by atoms with E-state index >= 15 is 0 Å². The molecule has 0 radical (unpaired) electrons. The Bertz CT molecular complexity index is 795. The number of para-hydroxylation sites is 1. The minimum absolute atomic E-state index is 0.0853. The highest BCUT2D eigenvalue weighted by Crippen LogP contribution is 2.25. The Hall–Kier alpha value is -2.30. The van der Waals surface area contributed by atoms with Crippen LogP contribution in [0.2, 0.25) is 0 Å². The highest BCUT2D eigenvalue weighted by Gasteiger charge is 2.22. The summed E-state index contributed by atoms with van der Waals surface area (Å²) in [7, 11) is 0. The second kappa shape index (κ2) is 8.19. The Morgan fingerprint density at radius 1 is 1.28 bits per heavy atom. The van der Waals surface area contributed by atoms with E-state index in [1.165, 1.54) is 12.3 Å². The first kappa shape index (κ1) is 19.0. The molecule has 1 unspecified atom stereocenters. The fourth-order valence-corrected chi connectivity index (χ4v) is 2.71. The lowest BCUT2D eigenvalue weighted by Crippen LogP contribution is -2.24. The van der Waals surface area contributed by atoms with Gasteiger partial charge in [-0.1, -0.05) is 26.0 Å². The van der Waals surface area contributed by atoms with Gasteiger partial charge in [0.2, 0.25) is 5.91 Å². The summed E-state index contributed by atoms with van der Waals surface area (Å²) in [6.07, 6.45) is 2.09. The van der Waals surface area contributed by atoms with Gasteiger partial charge in [0.25, 0.3) is 0 Å². The molecule has 1 amide bonds. The number of fused-ring (bicyclic) bond motifs is 1. The Morgan fingerprint density at radius 2 is 2.00 bits per heavy atom. The zero-order chi connectivity index (χ0) is 18.6. The summed E-state index contributed by atoms with van der Waals surface area (Å²) in [6, 6.07) is 6.34. The molecule has 1 N–H and O–H groups in total. The second-order valence-electron chi connectivity index (χ2n) is 6.96. The van der Waals surface area contributed by atoms with Gasteiger partial charge in [-0.3, -0.25) is 9.78 Å². The molecule has 0 aliphatic rings. The number of hydrogen-bond acceptors (Lipinski definition) is 2. The number of anilines is 1. The maximum absolute atomic E-state index is 14.0. The average molecular weight is 346 g/mol. The molecule has 25 heavy (non-hydrogen) atoms. The first-order chi connectivity index (χ1) is 11.8. The summed E-state index contributed by atoms with van der Waals surface area (Å²) < 4.78 is 27.7. The van der Waals surface area contributed by atoms with Gasteiger partial charge in [-0.15, -0.1) is 0 Å². The van der Waals surface area contributed by atoms with E-state index in [4.69, 9.17) is 0 Å². The molecule has 0 aliphatic heterocycles. The van der Waals surface area contributed by atoms with Gasteiger partial charge in [-0.05, 0) is 43.9 Å². The molecule has 0 spiro atoms. The van der Waals surface area contributed by atoms with Crippen LogP contribution >= 0.6 is 0 Å². The van der Waals surface area contributed by atoms with E-state index in [2.05, 4.69) is 10.3 Å². The van der Waals surface area contributed by atoms with Gasteiger partial charge in [-0.2, -0.15) is 0 Å². The van der Waals surface area contributed by atoms with Crippen molar-refractivity contribution >= 4 is 22.5 Å². The summed E-state index contributed by atoms with van der Waals surface area (Å²) in [6.45, 7) is 7.39. The number of halogens is 2. The van der Waals surface area contributed by atoms with Crippen LogP contribution in [0, 0.1) is 17.7 Å². The van der Waals surface area contributed by atoms with Gasteiger partial charge < -0.3 is 5.32 Å². The van der Waals surface area contributed by atoms with Crippen molar-refractivity contribution in [3.8, 4) is 0 Å². The minimum atomic E-state index is -0.460. The summed E-state index contributed by atoms with van der Waals surface area (Å²) in [5.74, 6) is -1.09. The molecule has 5 heteroatoms. The molecule has 0 saturated carbocycles. The summed E-state index contributed by atoms with van der Waals surface area (Å²) in [5, 5.41) is 3.40. The van der Waals surface area contributed by atoms with Gasteiger partial charge in [0, 0.05) is 17.7 Å². The highest BCUT2D eigenvalue weighted by atomic mass is 19.1. The predicted molar refractivity (Wildman–Crippen MR) is 97.4 cm³/mol. The van der Waals surface area contributed by atoms with Crippen LogP contribution in [0.3, 0.4) is 0 Å². The fraction of sp³-hybridized carbons (Fsp3) is 0.400. The van der Waals surface area contributed by atoms with Gasteiger partial charge in [0.1, 0.15) is 11.3 Å². The maximum Gasteiger partial charge on any atom is 0.227 e. The largest absolute Gasteiger partial charge is 0.324 e. The molecule has 2 aromatic rings. The lowest BCUT2D eigenvalue weighted by atomic mass is 9.92. The topological polar surface area (TPSA) is 42.0 Å². The Balaban J connectivity index is 2.20. The molecular weight excluding hydrogens is 322 g/mol. The number of allylic oxidation sites excluding steroid dienone is 2. The van der Waals surface area contributed by atoms with Crippen LogP contribution < -0.4 is 5.32 Å². The van der Waals surface area contributed by atoms with Crippen LogP contribution in [-0.4, -0.2) is 10.9 Å². The van der Waals surface area contributed by atoms with E-state index in [0.717, 1.165) is 0 Å². The van der Waals surface area contributed by atoms with Crippen LogP contribution in [0.5, 0.6) is 0 Å². The highest BCUT2D eigenvalue weighted by molar-refractivity contribution is 5.94. The third-order valence-corrected chi connectivity index (χ3v) is 4.02. The third kappa shape index (κ3) is 5.08. The molecule has 0 fully saturated rings. The zero-order valence-corrected chi connectivity index (χ0v) is 15.1. The Kier molecular flexibility index (Phi) is 6.23. The van der Waals surface area contributed by atoms with E-state index in [1.807, 2.05) is 13.8 Å². The van der Waals surface area contributed by atoms with Crippen LogP contribution in [-0.2, 0) is 4.79 Å². The van der Waals surface area contributed by atoms with E-state index in [-0.39, 0.29) is 29.6 Å². The van der Waals surface area contributed by atoms with Gasteiger partial charge in [-0.25, -0.2) is 8.78 Å². The number of amides is 1. The number of benzene rings is 1. The predicted octanol–water partition coefficient (Wildman–Crippen LogP) is 5.63. The van der Waals surface area contributed by atoms with Crippen LogP contribution in [0.15, 0.2) is 41.9 Å². The molecule has 134 valence electrons. The summed E-state index contributed by atoms with van der Waals surface area (Å²) in [5.41, 5.74) is 1.33. The number of hydrogen-bond donors (Lipinski definition) is 1. The molecule has 0 aliphatic carbocycles. The monoisotopic (exact) mass is 346 g/mol. The van der Waals surface area contributed by atoms with E-state index in [1.54, 1.807) is 32.0 Å². The van der Waals surface area contributed by atoms with Crippen molar-refractivity contribution in [2.45, 2.75) is 40.5 Å². The van der Waals surface area contributed by atoms with Crippen molar-refractivity contribution in [1.29, 1.82) is 0 Å². The zero-order valence-electron chi connectivity index (χ0n) is 15.1. The molecule has 0 bridgehead atoms. The number of rotatable bonds is 6. The quantitative estimate of drug-likeness (QED) is 0.737. The number of pyridine rings is 1. The van der Waals surface area contributed by atoms with Crippen LogP contribution in [0.1, 0.15) is 40.5 Å². The molecule has 1 atom stereocenters. The van der Waals surface area contributed by atoms with Crippen molar-refractivity contribution in [3.05, 3.63) is 47.7 Å². The number of aromatic nitrogens is 1. The van der Waals surface area contributed by atoms with Crippen molar-refractivity contribution in [2.75, 3.05) is 5.32 Å². The first-order valence-electron chi connectivity index (χ1n) is 8.45. The maximum atomic E-state index is 14.0. The minimum Gasteiger partial charge on any atom is -0.324 e. The first-order valence-corrected chi connectivity index (χ1v) is 8.45. The molecule has 1 aromatic carbocycles. The van der Waals surface area contributed by atoms with Crippen molar-refractivity contribution in [3.63, 3.8) is 0 Å². The smallest absolute Gasteiger partial charge is 0.227 e. The molecule has 3 nitrogen and oxygen atoms in total. The second-order valence-corrected chi connectivity index (χ2v) is 6.96. The standard InChI is InChI=1S/C20H24F2N2O/c1-12(2)8-15(10-18(22)13(3)4)20(25)24-16-9-14-6-5-7-17(21)19(14)23-11-16/h5-7,9,11-12,15H,8,10H2,1-4H3,(H,24,25). The lowest BCUT2D eigenvalue weighted by Gasteiger charge is -2.18. The third-order valence-electron chi connectivity index (χ3n) is 4.02. The number of carbonyl (C=O) groups is 1. The normalized spacial score (nSPS) is 12.3. The van der Waals surface area contributed by atoms with Gasteiger partial charge in [0.05, 0.1) is 17.7 Å². The molecule has 2 rings (SSSR count). The Labute approximate surface area is 147 Å². The summed E-state index contributed by atoms with van der Waals surface area (Å²) in [4.78, 5) is 16.7. The van der Waals surface area contributed by atoms with Gasteiger partial charge >= 0.3 is 0 Å². The summed E-state index contributed by atoms with van der Waals surface area (Å²) >= 11 is 0. The molecular formula is C20H24F2N2O. The van der Waals surface area contributed by atoms with Crippen LogP contribution in [0.4, 0.5) is 14.5 Å².